The minimum absolute atomic E-state index is 0.0696. The van der Waals surface area contributed by atoms with Crippen LogP contribution < -0.4 is 4.90 Å². The van der Waals surface area contributed by atoms with Gasteiger partial charge in [-0.15, -0.1) is 0 Å². The fourth-order valence-electron chi connectivity index (χ4n) is 2.32. The lowest BCUT2D eigenvalue weighted by atomic mass is 9.96. The molecule has 1 aromatic carbocycles. The lowest BCUT2D eigenvalue weighted by Gasteiger charge is -2.32. The summed E-state index contributed by atoms with van der Waals surface area (Å²) in [7, 11) is 1.46. The summed E-state index contributed by atoms with van der Waals surface area (Å²) in [5, 5.41) is 0. The Morgan fingerprint density at radius 3 is 2.61 bits per heavy atom. The first-order valence-electron chi connectivity index (χ1n) is 6.20. The maximum atomic E-state index is 11.5. The van der Waals surface area contributed by atoms with Crippen LogP contribution in [0.2, 0.25) is 0 Å². The summed E-state index contributed by atoms with van der Waals surface area (Å²) in [5.41, 5.74) is 2.46. The molecule has 0 aliphatic carbocycles. The van der Waals surface area contributed by atoms with Crippen LogP contribution in [0.5, 0.6) is 0 Å². The van der Waals surface area contributed by atoms with Gasteiger partial charge in [-0.05, 0) is 37.5 Å². The van der Waals surface area contributed by atoms with Crippen LogP contribution in [0, 0.1) is 12.8 Å². The Labute approximate surface area is 116 Å². The molecule has 1 saturated heterocycles. The number of carbonyl (C=O) groups excluding carboxylic acids is 1. The zero-order valence-electron chi connectivity index (χ0n) is 10.8. The number of anilines is 1. The van der Waals surface area contributed by atoms with E-state index in [1.807, 2.05) is 0 Å². The second kappa shape index (κ2) is 5.74. The standard InChI is InChI=1S/C14H18BrNO2/c1-10-3-4-12(9-13(10)15)16-7-5-11(6-8-16)14(17)18-2/h3-4,9,11H,5-8H2,1-2H3. The normalized spacial score (nSPS) is 16.7. The lowest BCUT2D eigenvalue weighted by molar-refractivity contribution is -0.146. The van der Waals surface area contributed by atoms with Gasteiger partial charge in [0.25, 0.3) is 0 Å². The molecule has 0 N–H and O–H groups in total. The molecule has 0 saturated carbocycles. The molecule has 98 valence electrons. The highest BCUT2D eigenvalue weighted by atomic mass is 79.9. The molecule has 0 radical (unpaired) electrons. The molecular weight excluding hydrogens is 294 g/mol. The van der Waals surface area contributed by atoms with E-state index < -0.39 is 0 Å². The minimum Gasteiger partial charge on any atom is -0.469 e. The van der Waals surface area contributed by atoms with Crippen molar-refractivity contribution in [3.8, 4) is 0 Å². The Morgan fingerprint density at radius 1 is 1.39 bits per heavy atom. The molecule has 0 atom stereocenters. The van der Waals surface area contributed by atoms with E-state index in [4.69, 9.17) is 4.74 Å². The van der Waals surface area contributed by atoms with Crippen molar-refractivity contribution < 1.29 is 9.53 Å². The van der Waals surface area contributed by atoms with Gasteiger partial charge in [0, 0.05) is 23.2 Å². The average Bonchev–Trinajstić information content (AvgIpc) is 2.41. The van der Waals surface area contributed by atoms with Crippen LogP contribution >= 0.6 is 15.9 Å². The molecule has 1 aliphatic heterocycles. The average molecular weight is 312 g/mol. The van der Waals surface area contributed by atoms with Crippen molar-refractivity contribution in [2.45, 2.75) is 19.8 Å². The van der Waals surface area contributed by atoms with Crippen LogP contribution in [0.3, 0.4) is 0 Å². The van der Waals surface area contributed by atoms with Crippen molar-refractivity contribution in [2.75, 3.05) is 25.1 Å². The van der Waals surface area contributed by atoms with Crippen LogP contribution in [0.15, 0.2) is 22.7 Å². The van der Waals surface area contributed by atoms with Crippen LogP contribution in [0.1, 0.15) is 18.4 Å². The SMILES string of the molecule is COC(=O)C1CCN(c2ccc(C)c(Br)c2)CC1. The molecule has 0 bridgehead atoms. The molecule has 0 spiro atoms. The van der Waals surface area contributed by atoms with Crippen LogP contribution in [0.4, 0.5) is 5.69 Å². The molecule has 1 fully saturated rings. The molecule has 0 unspecified atom stereocenters. The number of hydrogen-bond donors (Lipinski definition) is 0. The minimum atomic E-state index is -0.0697. The number of hydrogen-bond acceptors (Lipinski definition) is 3. The predicted molar refractivity (Wildman–Crippen MR) is 75.8 cm³/mol. The quantitative estimate of drug-likeness (QED) is 0.786. The van der Waals surface area contributed by atoms with Gasteiger partial charge in [0.05, 0.1) is 13.0 Å². The van der Waals surface area contributed by atoms with E-state index in [0.717, 1.165) is 30.4 Å². The van der Waals surface area contributed by atoms with Crippen molar-refractivity contribution in [3.63, 3.8) is 0 Å². The van der Waals surface area contributed by atoms with Crippen LogP contribution in [-0.2, 0) is 9.53 Å². The molecule has 0 amide bonds. The number of piperidine rings is 1. The molecule has 1 aromatic rings. The van der Waals surface area contributed by atoms with Gasteiger partial charge in [-0.25, -0.2) is 0 Å². The first-order valence-corrected chi connectivity index (χ1v) is 7.00. The van der Waals surface area contributed by atoms with Gasteiger partial charge in [-0.3, -0.25) is 4.79 Å². The summed E-state index contributed by atoms with van der Waals surface area (Å²) in [6, 6.07) is 6.40. The number of nitrogens with zero attached hydrogens (tertiary/aromatic N) is 1. The van der Waals surface area contributed by atoms with Crippen molar-refractivity contribution in [1.82, 2.24) is 0 Å². The highest BCUT2D eigenvalue weighted by Crippen LogP contribution is 2.27. The number of rotatable bonds is 2. The number of carbonyl (C=O) groups is 1. The van der Waals surface area contributed by atoms with Crippen molar-refractivity contribution in [2.24, 2.45) is 5.92 Å². The van der Waals surface area contributed by atoms with E-state index in [-0.39, 0.29) is 11.9 Å². The Hall–Kier alpha value is -1.03. The number of methoxy groups -OCH3 is 1. The van der Waals surface area contributed by atoms with Gasteiger partial charge < -0.3 is 9.64 Å². The van der Waals surface area contributed by atoms with Crippen molar-refractivity contribution in [1.29, 1.82) is 0 Å². The molecule has 1 heterocycles. The Bertz CT molecular complexity index is 439. The fourth-order valence-corrected chi connectivity index (χ4v) is 2.69. The van der Waals surface area contributed by atoms with Crippen LogP contribution in [0.25, 0.3) is 0 Å². The first-order chi connectivity index (χ1) is 8.61. The first kappa shape index (κ1) is 13.4. The number of benzene rings is 1. The van der Waals surface area contributed by atoms with E-state index in [1.165, 1.54) is 18.4 Å². The van der Waals surface area contributed by atoms with Gasteiger partial charge >= 0.3 is 5.97 Å². The predicted octanol–water partition coefficient (Wildman–Crippen LogP) is 3.15. The Balaban J connectivity index is 2.01. The molecule has 3 nitrogen and oxygen atoms in total. The molecule has 1 aliphatic rings. The zero-order valence-corrected chi connectivity index (χ0v) is 12.4. The maximum Gasteiger partial charge on any atom is 0.308 e. The number of halogens is 1. The van der Waals surface area contributed by atoms with Gasteiger partial charge in [0.2, 0.25) is 0 Å². The summed E-state index contributed by atoms with van der Waals surface area (Å²) in [5.74, 6) is -0.000115. The van der Waals surface area contributed by atoms with E-state index in [1.54, 1.807) is 0 Å². The van der Waals surface area contributed by atoms with Gasteiger partial charge in [0.1, 0.15) is 0 Å². The van der Waals surface area contributed by atoms with Crippen molar-refractivity contribution in [3.05, 3.63) is 28.2 Å². The summed E-state index contributed by atoms with van der Waals surface area (Å²) in [4.78, 5) is 13.8. The summed E-state index contributed by atoms with van der Waals surface area (Å²) < 4.78 is 5.93. The van der Waals surface area contributed by atoms with Gasteiger partial charge in [-0.1, -0.05) is 22.0 Å². The summed E-state index contributed by atoms with van der Waals surface area (Å²) in [6.45, 7) is 3.90. The topological polar surface area (TPSA) is 29.5 Å². The van der Waals surface area contributed by atoms with E-state index >= 15 is 0 Å². The summed E-state index contributed by atoms with van der Waals surface area (Å²) >= 11 is 3.56. The van der Waals surface area contributed by atoms with Crippen LogP contribution in [-0.4, -0.2) is 26.2 Å². The Morgan fingerprint density at radius 2 is 2.06 bits per heavy atom. The third kappa shape index (κ3) is 2.86. The smallest absolute Gasteiger partial charge is 0.308 e. The van der Waals surface area contributed by atoms with Crippen molar-refractivity contribution >= 4 is 27.6 Å². The summed E-state index contributed by atoms with van der Waals surface area (Å²) in [6.07, 6.45) is 1.75. The maximum absolute atomic E-state index is 11.5. The molecule has 4 heteroatoms. The molecule has 18 heavy (non-hydrogen) atoms. The lowest BCUT2D eigenvalue weighted by Crippen LogP contribution is -2.36. The van der Waals surface area contributed by atoms with E-state index in [0.29, 0.717) is 0 Å². The third-order valence-electron chi connectivity index (χ3n) is 3.55. The monoisotopic (exact) mass is 311 g/mol. The van der Waals surface area contributed by atoms with Gasteiger partial charge in [-0.2, -0.15) is 0 Å². The highest BCUT2D eigenvalue weighted by molar-refractivity contribution is 9.10. The number of ether oxygens (including phenoxy) is 1. The second-order valence-electron chi connectivity index (χ2n) is 4.72. The molecule has 2 rings (SSSR count). The van der Waals surface area contributed by atoms with E-state index in [2.05, 4.69) is 46.0 Å². The second-order valence-corrected chi connectivity index (χ2v) is 5.57. The zero-order chi connectivity index (χ0) is 13.1. The fraction of sp³-hybridized carbons (Fsp3) is 0.500. The third-order valence-corrected chi connectivity index (χ3v) is 4.40. The number of esters is 1. The highest BCUT2D eigenvalue weighted by Gasteiger charge is 2.25. The molecule has 0 aromatic heterocycles. The van der Waals surface area contributed by atoms with Gasteiger partial charge in [0.15, 0.2) is 0 Å². The number of aryl methyl sites for hydroxylation is 1. The Kier molecular flexibility index (Phi) is 4.27. The van der Waals surface area contributed by atoms with E-state index in [9.17, 15) is 4.79 Å². The largest absolute Gasteiger partial charge is 0.469 e. The molecular formula is C14H18BrNO2.